The fourth-order valence-corrected chi connectivity index (χ4v) is 2.80. The first-order valence-electron chi connectivity index (χ1n) is 8.06. The summed E-state index contributed by atoms with van der Waals surface area (Å²) in [6.45, 7) is 7.42. The predicted octanol–water partition coefficient (Wildman–Crippen LogP) is 3.73. The molecule has 1 unspecified atom stereocenters. The molecule has 21 heavy (non-hydrogen) atoms. The van der Waals surface area contributed by atoms with Crippen LogP contribution in [-0.2, 0) is 19.4 Å². The van der Waals surface area contributed by atoms with E-state index in [4.69, 9.17) is 0 Å². The Morgan fingerprint density at radius 3 is 2.38 bits per heavy atom. The molecule has 0 aliphatic carbocycles. The summed E-state index contributed by atoms with van der Waals surface area (Å²) in [4.78, 5) is 0. The Hall–Kier alpha value is -1.61. The molecule has 1 atom stereocenters. The summed E-state index contributed by atoms with van der Waals surface area (Å²) < 4.78 is 2.11. The number of nitrogens with one attached hydrogen (secondary N) is 1. The van der Waals surface area contributed by atoms with Crippen LogP contribution in [0.2, 0.25) is 0 Å². The molecule has 0 saturated heterocycles. The van der Waals surface area contributed by atoms with E-state index in [0.717, 1.165) is 25.1 Å². The van der Waals surface area contributed by atoms with Crippen molar-refractivity contribution in [3.05, 3.63) is 52.8 Å². The molecule has 0 radical (unpaired) electrons. The van der Waals surface area contributed by atoms with E-state index in [0.29, 0.717) is 0 Å². The van der Waals surface area contributed by atoms with Gasteiger partial charge in [-0.15, -0.1) is 0 Å². The Morgan fingerprint density at radius 1 is 1.14 bits per heavy atom. The van der Waals surface area contributed by atoms with Crippen LogP contribution < -0.4 is 5.32 Å². The second kappa shape index (κ2) is 7.41. The van der Waals surface area contributed by atoms with Crippen LogP contribution in [0, 0.1) is 0 Å². The zero-order valence-corrected chi connectivity index (χ0v) is 13.7. The Balaban J connectivity index is 2.32. The van der Waals surface area contributed by atoms with Gasteiger partial charge in [0.05, 0.1) is 17.4 Å². The number of hydrogen-bond donors (Lipinski definition) is 1. The lowest BCUT2D eigenvalue weighted by atomic mass is 10.0. The molecule has 1 aromatic carbocycles. The molecule has 0 spiro atoms. The van der Waals surface area contributed by atoms with E-state index >= 15 is 0 Å². The van der Waals surface area contributed by atoms with Gasteiger partial charge in [0.25, 0.3) is 0 Å². The van der Waals surface area contributed by atoms with Crippen LogP contribution >= 0.6 is 0 Å². The van der Waals surface area contributed by atoms with E-state index in [9.17, 15) is 0 Å². The topological polar surface area (TPSA) is 29.9 Å². The van der Waals surface area contributed by atoms with E-state index < -0.39 is 0 Å². The standard InChI is InChI=1S/C18H27N3/c1-5-8-14-9-11-15(12-10-14)18(19-4)17-13-16(6-2)20-21(17)7-3/h9-13,18-19H,5-8H2,1-4H3. The van der Waals surface area contributed by atoms with Crippen LogP contribution in [0.3, 0.4) is 0 Å². The van der Waals surface area contributed by atoms with Crippen molar-refractivity contribution in [2.75, 3.05) is 7.05 Å². The minimum absolute atomic E-state index is 0.202. The maximum absolute atomic E-state index is 4.67. The van der Waals surface area contributed by atoms with Gasteiger partial charge in [0.1, 0.15) is 0 Å². The number of rotatable bonds is 7. The van der Waals surface area contributed by atoms with Gasteiger partial charge < -0.3 is 5.32 Å². The molecule has 2 aromatic rings. The van der Waals surface area contributed by atoms with E-state index in [-0.39, 0.29) is 6.04 Å². The van der Waals surface area contributed by atoms with Gasteiger partial charge in [0.2, 0.25) is 0 Å². The van der Waals surface area contributed by atoms with Crippen molar-refractivity contribution >= 4 is 0 Å². The lowest BCUT2D eigenvalue weighted by Gasteiger charge is -2.18. The summed E-state index contributed by atoms with van der Waals surface area (Å²) >= 11 is 0. The van der Waals surface area contributed by atoms with E-state index in [2.05, 4.69) is 66.2 Å². The summed E-state index contributed by atoms with van der Waals surface area (Å²) in [7, 11) is 2.02. The van der Waals surface area contributed by atoms with Crippen molar-refractivity contribution in [2.24, 2.45) is 0 Å². The monoisotopic (exact) mass is 285 g/mol. The predicted molar refractivity (Wildman–Crippen MR) is 88.6 cm³/mol. The van der Waals surface area contributed by atoms with Crippen LogP contribution in [0.4, 0.5) is 0 Å². The number of nitrogens with zero attached hydrogens (tertiary/aromatic N) is 2. The summed E-state index contributed by atoms with van der Waals surface area (Å²) in [6.07, 6.45) is 3.32. The molecular formula is C18H27N3. The van der Waals surface area contributed by atoms with Crippen LogP contribution in [0.1, 0.15) is 55.7 Å². The van der Waals surface area contributed by atoms with E-state index in [1.807, 2.05) is 7.05 Å². The smallest absolute Gasteiger partial charge is 0.0745 e. The van der Waals surface area contributed by atoms with Gasteiger partial charge >= 0.3 is 0 Å². The fourth-order valence-electron chi connectivity index (χ4n) is 2.80. The summed E-state index contributed by atoms with van der Waals surface area (Å²) in [5.74, 6) is 0. The summed E-state index contributed by atoms with van der Waals surface area (Å²) in [5, 5.41) is 8.10. The van der Waals surface area contributed by atoms with Crippen molar-refractivity contribution in [3.63, 3.8) is 0 Å². The molecule has 114 valence electrons. The molecule has 0 aliphatic heterocycles. The Morgan fingerprint density at radius 2 is 1.86 bits per heavy atom. The van der Waals surface area contributed by atoms with Crippen molar-refractivity contribution in [1.29, 1.82) is 0 Å². The number of hydrogen-bond acceptors (Lipinski definition) is 2. The highest BCUT2D eigenvalue weighted by molar-refractivity contribution is 5.31. The molecule has 1 aromatic heterocycles. The molecule has 0 saturated carbocycles. The van der Waals surface area contributed by atoms with Crippen molar-refractivity contribution in [3.8, 4) is 0 Å². The SMILES string of the molecule is CCCc1ccc(C(NC)c2cc(CC)nn2CC)cc1. The van der Waals surface area contributed by atoms with Gasteiger partial charge in [-0.05, 0) is 44.0 Å². The molecule has 0 bridgehead atoms. The van der Waals surface area contributed by atoms with E-state index in [1.54, 1.807) is 0 Å². The maximum atomic E-state index is 4.67. The van der Waals surface area contributed by atoms with Gasteiger partial charge in [0, 0.05) is 6.54 Å². The molecule has 3 nitrogen and oxygen atoms in total. The number of aryl methyl sites for hydroxylation is 3. The molecule has 2 rings (SSSR count). The van der Waals surface area contributed by atoms with Gasteiger partial charge in [-0.1, -0.05) is 44.5 Å². The molecule has 3 heteroatoms. The largest absolute Gasteiger partial charge is 0.308 e. The lowest BCUT2D eigenvalue weighted by Crippen LogP contribution is -2.21. The highest BCUT2D eigenvalue weighted by Gasteiger charge is 2.17. The lowest BCUT2D eigenvalue weighted by molar-refractivity contribution is 0.560. The first-order chi connectivity index (χ1) is 10.2. The number of benzene rings is 1. The second-order valence-electron chi connectivity index (χ2n) is 5.44. The first kappa shape index (κ1) is 15.8. The highest BCUT2D eigenvalue weighted by atomic mass is 15.3. The quantitative estimate of drug-likeness (QED) is 0.840. The zero-order valence-electron chi connectivity index (χ0n) is 13.7. The maximum Gasteiger partial charge on any atom is 0.0745 e. The number of aromatic nitrogens is 2. The van der Waals surface area contributed by atoms with Gasteiger partial charge in [-0.3, -0.25) is 4.68 Å². The zero-order chi connectivity index (χ0) is 15.2. The highest BCUT2D eigenvalue weighted by Crippen LogP contribution is 2.23. The van der Waals surface area contributed by atoms with Gasteiger partial charge in [-0.25, -0.2) is 0 Å². The third-order valence-corrected chi connectivity index (χ3v) is 3.96. The van der Waals surface area contributed by atoms with Gasteiger partial charge in [-0.2, -0.15) is 5.10 Å². The van der Waals surface area contributed by atoms with Crippen LogP contribution in [-0.4, -0.2) is 16.8 Å². The van der Waals surface area contributed by atoms with Crippen LogP contribution in [0.15, 0.2) is 30.3 Å². The van der Waals surface area contributed by atoms with Crippen molar-refractivity contribution in [2.45, 2.75) is 52.6 Å². The Labute approximate surface area is 128 Å². The second-order valence-corrected chi connectivity index (χ2v) is 5.44. The summed E-state index contributed by atoms with van der Waals surface area (Å²) in [6, 6.07) is 11.4. The fraction of sp³-hybridized carbons (Fsp3) is 0.500. The van der Waals surface area contributed by atoms with Crippen molar-refractivity contribution < 1.29 is 0 Å². The molecule has 0 fully saturated rings. The normalized spacial score (nSPS) is 12.6. The van der Waals surface area contributed by atoms with Gasteiger partial charge in [0.15, 0.2) is 0 Å². The van der Waals surface area contributed by atoms with Crippen LogP contribution in [0.25, 0.3) is 0 Å². The molecule has 1 N–H and O–H groups in total. The molecule has 1 heterocycles. The third kappa shape index (κ3) is 3.53. The third-order valence-electron chi connectivity index (χ3n) is 3.96. The molecule has 0 amide bonds. The Kier molecular flexibility index (Phi) is 5.57. The average molecular weight is 285 g/mol. The van der Waals surface area contributed by atoms with E-state index in [1.165, 1.54) is 23.2 Å². The Bertz CT molecular complexity index is 554. The average Bonchev–Trinajstić information content (AvgIpc) is 2.93. The molecular weight excluding hydrogens is 258 g/mol. The molecule has 0 aliphatic rings. The minimum Gasteiger partial charge on any atom is -0.308 e. The van der Waals surface area contributed by atoms with Crippen molar-refractivity contribution in [1.82, 2.24) is 15.1 Å². The first-order valence-corrected chi connectivity index (χ1v) is 8.06. The van der Waals surface area contributed by atoms with Crippen LogP contribution in [0.5, 0.6) is 0 Å². The summed E-state index contributed by atoms with van der Waals surface area (Å²) in [5.41, 5.74) is 5.12. The minimum atomic E-state index is 0.202.